The number of hydrogen-bond donors (Lipinski definition) is 3. The molecule has 0 saturated carbocycles. The van der Waals surface area contributed by atoms with Crippen molar-refractivity contribution in [2.45, 2.75) is 25.7 Å². The van der Waals surface area contributed by atoms with Gasteiger partial charge in [0.2, 0.25) is 0 Å². The van der Waals surface area contributed by atoms with Crippen molar-refractivity contribution in [3.8, 4) is 0 Å². The van der Waals surface area contributed by atoms with Crippen LogP contribution >= 0.6 is 11.3 Å². The lowest BCUT2D eigenvalue weighted by Gasteiger charge is -2.22. The van der Waals surface area contributed by atoms with Gasteiger partial charge in [-0.05, 0) is 52.6 Å². The zero-order chi connectivity index (χ0) is 15.6. The molecule has 1 unspecified atom stereocenters. The number of anilines is 1. The largest absolute Gasteiger partial charge is 0.384 e. The van der Waals surface area contributed by atoms with Gasteiger partial charge in [-0.1, -0.05) is 6.07 Å². The number of fused-ring (bicyclic) bond motifs is 1. The number of benzene rings is 1. The van der Waals surface area contributed by atoms with Gasteiger partial charge in [-0.25, -0.2) is 4.79 Å². The number of carbonyl (C=O) groups is 1. The third kappa shape index (κ3) is 3.30. The van der Waals surface area contributed by atoms with Gasteiger partial charge >= 0.3 is 6.03 Å². The average molecular weight is 318 g/mol. The quantitative estimate of drug-likeness (QED) is 0.812. The van der Waals surface area contributed by atoms with Gasteiger partial charge in [0.25, 0.3) is 0 Å². The monoisotopic (exact) mass is 318 g/mol. The van der Waals surface area contributed by atoms with Gasteiger partial charge < -0.3 is 20.5 Å². The van der Waals surface area contributed by atoms with Crippen LogP contribution in [-0.2, 0) is 23.6 Å². The van der Waals surface area contributed by atoms with Crippen molar-refractivity contribution >= 4 is 23.1 Å². The molecule has 1 aliphatic heterocycles. The Morgan fingerprint density at radius 1 is 1.36 bits per heavy atom. The second-order valence-corrected chi connectivity index (χ2v) is 6.35. The van der Waals surface area contributed by atoms with Crippen molar-refractivity contribution in [2.24, 2.45) is 0 Å². The number of carbonyl (C=O) groups excluding carboxylic acids is 1. The number of ether oxygens (including phenoxy) is 1. The highest BCUT2D eigenvalue weighted by molar-refractivity contribution is 7.08. The number of hydrogen-bond acceptors (Lipinski definition) is 4. The summed E-state index contributed by atoms with van der Waals surface area (Å²) in [5, 5.41) is 19.6. The first-order valence-corrected chi connectivity index (χ1v) is 7.98. The number of urea groups is 1. The molecule has 2 aromatic rings. The van der Waals surface area contributed by atoms with Crippen LogP contribution in [0.1, 0.15) is 23.6 Å². The second-order valence-electron chi connectivity index (χ2n) is 5.57. The van der Waals surface area contributed by atoms with E-state index in [1.807, 2.05) is 35.0 Å². The summed E-state index contributed by atoms with van der Waals surface area (Å²) in [7, 11) is 0. The lowest BCUT2D eigenvalue weighted by Crippen LogP contribution is -2.40. The van der Waals surface area contributed by atoms with E-state index < -0.39 is 5.60 Å². The van der Waals surface area contributed by atoms with Crippen LogP contribution in [0.15, 0.2) is 35.0 Å². The zero-order valence-electron chi connectivity index (χ0n) is 12.3. The third-order valence-electron chi connectivity index (χ3n) is 3.72. The molecule has 3 N–H and O–H groups in total. The van der Waals surface area contributed by atoms with Gasteiger partial charge in [0.15, 0.2) is 0 Å². The standard InChI is InChI=1S/C16H18N2O3S/c1-16(20,13-4-5-22-9-13)10-17-15(19)18-14-3-2-11-7-21-8-12(11)6-14/h2-6,9,20H,7-8,10H2,1H3,(H2,17,18,19). The summed E-state index contributed by atoms with van der Waals surface area (Å²) in [6.45, 7) is 3.04. The summed E-state index contributed by atoms with van der Waals surface area (Å²) in [6, 6.07) is 7.24. The number of nitrogens with one attached hydrogen (secondary N) is 2. The van der Waals surface area contributed by atoms with E-state index in [1.54, 1.807) is 6.92 Å². The first-order valence-electron chi connectivity index (χ1n) is 7.04. The van der Waals surface area contributed by atoms with Gasteiger partial charge in [0.1, 0.15) is 5.60 Å². The molecule has 0 bridgehead atoms. The van der Waals surface area contributed by atoms with Crippen molar-refractivity contribution in [3.63, 3.8) is 0 Å². The van der Waals surface area contributed by atoms with Crippen molar-refractivity contribution in [1.29, 1.82) is 0 Å². The van der Waals surface area contributed by atoms with Crippen LogP contribution in [0.4, 0.5) is 10.5 Å². The van der Waals surface area contributed by atoms with E-state index in [0.717, 1.165) is 22.4 Å². The molecule has 1 atom stereocenters. The van der Waals surface area contributed by atoms with Crippen molar-refractivity contribution < 1.29 is 14.6 Å². The number of aliphatic hydroxyl groups is 1. The van der Waals surface area contributed by atoms with Gasteiger partial charge in [-0.3, -0.25) is 0 Å². The minimum absolute atomic E-state index is 0.142. The molecule has 116 valence electrons. The van der Waals surface area contributed by atoms with Gasteiger partial charge in [-0.2, -0.15) is 11.3 Å². The topological polar surface area (TPSA) is 70.6 Å². The Labute approximate surface area is 132 Å². The Morgan fingerprint density at radius 2 is 2.18 bits per heavy atom. The van der Waals surface area contributed by atoms with E-state index in [1.165, 1.54) is 11.3 Å². The van der Waals surface area contributed by atoms with Gasteiger partial charge in [0.05, 0.1) is 19.8 Å². The molecule has 0 aliphatic carbocycles. The van der Waals surface area contributed by atoms with Crippen molar-refractivity contribution in [3.05, 3.63) is 51.7 Å². The number of amides is 2. The molecule has 2 amide bonds. The van der Waals surface area contributed by atoms with Crippen molar-refractivity contribution in [1.82, 2.24) is 5.32 Å². The molecule has 0 radical (unpaired) electrons. The third-order valence-corrected chi connectivity index (χ3v) is 4.40. The predicted octanol–water partition coefficient (Wildman–Crippen LogP) is 2.81. The molecule has 1 aromatic heterocycles. The SMILES string of the molecule is CC(O)(CNC(=O)Nc1ccc2c(c1)COC2)c1ccsc1. The molecule has 22 heavy (non-hydrogen) atoms. The van der Waals surface area contributed by atoms with Gasteiger partial charge in [0, 0.05) is 5.69 Å². The summed E-state index contributed by atoms with van der Waals surface area (Å²) in [4.78, 5) is 12.0. The summed E-state index contributed by atoms with van der Waals surface area (Å²) < 4.78 is 5.35. The summed E-state index contributed by atoms with van der Waals surface area (Å²) in [5.74, 6) is 0. The minimum atomic E-state index is -1.08. The molecule has 1 aromatic carbocycles. The average Bonchev–Trinajstić information content (AvgIpc) is 3.16. The maximum atomic E-state index is 12.0. The molecular formula is C16H18N2O3S. The lowest BCUT2D eigenvalue weighted by atomic mass is 9.99. The molecule has 5 nitrogen and oxygen atoms in total. The normalized spacial score (nSPS) is 15.9. The fourth-order valence-corrected chi connectivity index (χ4v) is 3.13. The van der Waals surface area contributed by atoms with Crippen LogP contribution in [0.5, 0.6) is 0 Å². The Bertz CT molecular complexity index is 668. The van der Waals surface area contributed by atoms with Crippen LogP contribution in [0.3, 0.4) is 0 Å². The first-order chi connectivity index (χ1) is 10.5. The van der Waals surface area contributed by atoms with Gasteiger partial charge in [-0.15, -0.1) is 0 Å². The molecule has 0 spiro atoms. The highest BCUT2D eigenvalue weighted by Gasteiger charge is 2.24. The molecule has 2 heterocycles. The fourth-order valence-electron chi connectivity index (χ4n) is 2.35. The van der Waals surface area contributed by atoms with Crippen molar-refractivity contribution in [2.75, 3.05) is 11.9 Å². The Morgan fingerprint density at radius 3 is 2.95 bits per heavy atom. The molecule has 0 fully saturated rings. The van der Waals surface area contributed by atoms with Crippen LogP contribution in [-0.4, -0.2) is 17.7 Å². The maximum Gasteiger partial charge on any atom is 0.319 e. The highest BCUT2D eigenvalue weighted by Crippen LogP contribution is 2.24. The molecule has 3 rings (SSSR count). The summed E-state index contributed by atoms with van der Waals surface area (Å²) in [6.07, 6.45) is 0. The van der Waals surface area contributed by atoms with E-state index in [4.69, 9.17) is 4.74 Å². The predicted molar refractivity (Wildman–Crippen MR) is 85.8 cm³/mol. The van der Waals surface area contributed by atoms with E-state index in [0.29, 0.717) is 13.2 Å². The number of thiophene rings is 1. The van der Waals surface area contributed by atoms with Crippen LogP contribution in [0, 0.1) is 0 Å². The van der Waals surface area contributed by atoms with Crippen LogP contribution < -0.4 is 10.6 Å². The Hall–Kier alpha value is -1.89. The maximum absolute atomic E-state index is 12.0. The van der Waals surface area contributed by atoms with Crippen LogP contribution in [0.25, 0.3) is 0 Å². The molecule has 6 heteroatoms. The first kappa shape index (κ1) is 15.0. The molecule has 1 aliphatic rings. The van der Waals surface area contributed by atoms with E-state index in [2.05, 4.69) is 10.6 Å². The highest BCUT2D eigenvalue weighted by atomic mass is 32.1. The summed E-state index contributed by atoms with van der Waals surface area (Å²) >= 11 is 1.51. The smallest absolute Gasteiger partial charge is 0.319 e. The number of rotatable bonds is 4. The minimum Gasteiger partial charge on any atom is -0.384 e. The second kappa shape index (κ2) is 6.08. The van der Waals surface area contributed by atoms with E-state index in [9.17, 15) is 9.90 Å². The fraction of sp³-hybridized carbons (Fsp3) is 0.312. The van der Waals surface area contributed by atoms with E-state index >= 15 is 0 Å². The Balaban J connectivity index is 1.57. The van der Waals surface area contributed by atoms with E-state index in [-0.39, 0.29) is 12.6 Å². The molecule has 0 saturated heterocycles. The molecular weight excluding hydrogens is 300 g/mol. The Kier molecular flexibility index (Phi) is 4.15. The lowest BCUT2D eigenvalue weighted by molar-refractivity contribution is 0.0604. The zero-order valence-corrected chi connectivity index (χ0v) is 13.1. The summed E-state index contributed by atoms with van der Waals surface area (Å²) in [5.41, 5.74) is 2.70. The van der Waals surface area contributed by atoms with Crippen LogP contribution in [0.2, 0.25) is 0 Å².